The van der Waals surface area contributed by atoms with Crippen LogP contribution in [-0.4, -0.2) is 24.9 Å². The van der Waals surface area contributed by atoms with Gasteiger partial charge in [-0.25, -0.2) is 0 Å². The fourth-order valence-corrected chi connectivity index (χ4v) is 2.27. The molecule has 1 aliphatic carbocycles. The van der Waals surface area contributed by atoms with Crippen LogP contribution in [0.25, 0.3) is 0 Å². The molecule has 3 rings (SSSR count). The van der Waals surface area contributed by atoms with Crippen LogP contribution in [0.15, 0.2) is 24.3 Å². The van der Waals surface area contributed by atoms with Crippen molar-refractivity contribution in [3.8, 4) is 5.75 Å². The molecule has 2 N–H and O–H groups in total. The van der Waals surface area contributed by atoms with Crippen molar-refractivity contribution in [3.63, 3.8) is 0 Å². The van der Waals surface area contributed by atoms with Gasteiger partial charge >= 0.3 is 0 Å². The van der Waals surface area contributed by atoms with E-state index in [1.54, 1.807) is 0 Å². The minimum Gasteiger partial charge on any atom is -0.488 e. The Morgan fingerprint density at radius 1 is 1.35 bits per heavy atom. The highest BCUT2D eigenvalue weighted by Crippen LogP contribution is 2.38. The fourth-order valence-electron chi connectivity index (χ4n) is 2.27. The Kier molecular flexibility index (Phi) is 2.81. The third kappa shape index (κ3) is 2.61. The van der Waals surface area contributed by atoms with Crippen molar-refractivity contribution in [3.05, 3.63) is 29.8 Å². The van der Waals surface area contributed by atoms with Crippen LogP contribution in [0.4, 0.5) is 0 Å². The second-order valence-electron chi connectivity index (χ2n) is 5.25. The molecule has 3 nitrogen and oxygen atoms in total. The molecule has 1 unspecified atom stereocenters. The summed E-state index contributed by atoms with van der Waals surface area (Å²) >= 11 is 0. The molecule has 1 saturated heterocycles. The predicted molar refractivity (Wildman–Crippen MR) is 66.2 cm³/mol. The Morgan fingerprint density at radius 2 is 2.18 bits per heavy atom. The molecule has 1 aromatic carbocycles. The molecule has 2 fully saturated rings. The van der Waals surface area contributed by atoms with Crippen molar-refractivity contribution >= 4 is 0 Å². The summed E-state index contributed by atoms with van der Waals surface area (Å²) in [6, 6.07) is 8.24. The van der Waals surface area contributed by atoms with Gasteiger partial charge in [0.15, 0.2) is 0 Å². The van der Waals surface area contributed by atoms with E-state index in [-0.39, 0.29) is 11.6 Å². The van der Waals surface area contributed by atoms with E-state index in [9.17, 15) is 0 Å². The zero-order chi connectivity index (χ0) is 11.7. The maximum Gasteiger partial charge on any atom is 0.124 e. The minimum absolute atomic E-state index is 0.0334. The Hall–Kier alpha value is -1.06. The summed E-state index contributed by atoms with van der Waals surface area (Å²) in [7, 11) is 0. The number of rotatable bonds is 4. The molecule has 3 heteroatoms. The topological polar surface area (TPSA) is 44.5 Å². The van der Waals surface area contributed by atoms with Crippen molar-refractivity contribution < 1.29 is 9.47 Å². The molecule has 92 valence electrons. The number of hydrogen-bond donors (Lipinski definition) is 1. The Morgan fingerprint density at radius 3 is 2.88 bits per heavy atom. The molecule has 0 aromatic heterocycles. The average Bonchev–Trinajstić information content (AvgIpc) is 2.85. The molecule has 17 heavy (non-hydrogen) atoms. The molecular weight excluding hydrogens is 214 g/mol. The lowest BCUT2D eigenvalue weighted by atomic mass is 10.0. The highest BCUT2D eigenvalue weighted by atomic mass is 16.5. The van der Waals surface area contributed by atoms with Crippen molar-refractivity contribution in [2.45, 2.75) is 37.3 Å². The van der Waals surface area contributed by atoms with Crippen LogP contribution in [0, 0.1) is 0 Å². The van der Waals surface area contributed by atoms with Crippen LogP contribution in [0.3, 0.4) is 0 Å². The third-order valence-corrected chi connectivity index (χ3v) is 3.59. The first-order chi connectivity index (χ1) is 8.25. The largest absolute Gasteiger partial charge is 0.488 e. The summed E-state index contributed by atoms with van der Waals surface area (Å²) in [4.78, 5) is 0. The van der Waals surface area contributed by atoms with Gasteiger partial charge in [0, 0.05) is 12.0 Å². The summed E-state index contributed by atoms with van der Waals surface area (Å²) < 4.78 is 11.3. The lowest BCUT2D eigenvalue weighted by Crippen LogP contribution is -2.25. The maximum absolute atomic E-state index is 6.18. The van der Waals surface area contributed by atoms with Crippen LogP contribution in [0.1, 0.15) is 24.8 Å². The zero-order valence-electron chi connectivity index (χ0n) is 10.0. The van der Waals surface area contributed by atoms with Crippen LogP contribution in [0.2, 0.25) is 0 Å². The van der Waals surface area contributed by atoms with Gasteiger partial charge in [-0.05, 0) is 30.9 Å². The van der Waals surface area contributed by atoms with E-state index >= 15 is 0 Å². The standard InChI is InChI=1S/C14H19NO2/c15-14(6-7-14)9-11-3-1-2-4-13(11)17-12-5-8-16-10-12/h1-4,12H,5-10,15H2. The molecule has 1 heterocycles. The molecule has 1 aromatic rings. The molecular formula is C14H19NO2. The lowest BCUT2D eigenvalue weighted by molar-refractivity contribution is 0.140. The fraction of sp³-hybridized carbons (Fsp3) is 0.571. The quantitative estimate of drug-likeness (QED) is 0.863. The molecule has 0 radical (unpaired) electrons. The van der Waals surface area contributed by atoms with E-state index in [4.69, 9.17) is 15.2 Å². The van der Waals surface area contributed by atoms with E-state index < -0.39 is 0 Å². The average molecular weight is 233 g/mol. The number of ether oxygens (including phenoxy) is 2. The first-order valence-electron chi connectivity index (χ1n) is 6.36. The second kappa shape index (κ2) is 4.31. The normalized spacial score (nSPS) is 25.8. The van der Waals surface area contributed by atoms with Gasteiger partial charge in [-0.2, -0.15) is 0 Å². The van der Waals surface area contributed by atoms with Gasteiger partial charge in [0.2, 0.25) is 0 Å². The maximum atomic E-state index is 6.18. The van der Waals surface area contributed by atoms with Crippen molar-refractivity contribution in [2.75, 3.05) is 13.2 Å². The molecule has 0 spiro atoms. The van der Waals surface area contributed by atoms with E-state index in [1.165, 1.54) is 5.56 Å². The summed E-state index contributed by atoms with van der Waals surface area (Å²) in [5, 5.41) is 0. The van der Waals surface area contributed by atoms with E-state index in [1.807, 2.05) is 12.1 Å². The summed E-state index contributed by atoms with van der Waals surface area (Å²) in [6.45, 7) is 1.52. The zero-order valence-corrected chi connectivity index (χ0v) is 10.0. The predicted octanol–water partition coefficient (Wildman–Crippen LogP) is 1.89. The van der Waals surface area contributed by atoms with Crippen molar-refractivity contribution in [1.29, 1.82) is 0 Å². The van der Waals surface area contributed by atoms with Gasteiger partial charge in [0.1, 0.15) is 11.9 Å². The SMILES string of the molecule is NC1(Cc2ccccc2OC2CCOC2)CC1. The highest BCUT2D eigenvalue weighted by Gasteiger charge is 2.38. The first-order valence-corrected chi connectivity index (χ1v) is 6.36. The van der Waals surface area contributed by atoms with E-state index in [0.717, 1.165) is 38.0 Å². The Balaban J connectivity index is 1.73. The monoisotopic (exact) mass is 233 g/mol. The number of hydrogen-bond acceptors (Lipinski definition) is 3. The highest BCUT2D eigenvalue weighted by molar-refractivity contribution is 5.36. The molecule has 2 aliphatic rings. The van der Waals surface area contributed by atoms with Gasteiger partial charge in [-0.3, -0.25) is 0 Å². The van der Waals surface area contributed by atoms with Gasteiger partial charge in [-0.1, -0.05) is 18.2 Å². The number of para-hydroxylation sites is 1. The van der Waals surface area contributed by atoms with Crippen LogP contribution in [-0.2, 0) is 11.2 Å². The summed E-state index contributed by atoms with van der Waals surface area (Å²) in [6.07, 6.45) is 4.39. The lowest BCUT2D eigenvalue weighted by Gasteiger charge is -2.17. The number of nitrogens with two attached hydrogens (primary N) is 1. The number of benzene rings is 1. The minimum atomic E-state index is 0.0334. The molecule has 1 atom stereocenters. The molecule has 1 aliphatic heterocycles. The van der Waals surface area contributed by atoms with E-state index in [2.05, 4.69) is 12.1 Å². The van der Waals surface area contributed by atoms with Gasteiger partial charge in [0.25, 0.3) is 0 Å². The summed E-state index contributed by atoms with van der Waals surface area (Å²) in [5.74, 6) is 0.986. The molecule has 0 amide bonds. The molecule has 1 saturated carbocycles. The van der Waals surface area contributed by atoms with Crippen LogP contribution < -0.4 is 10.5 Å². The first kappa shape index (κ1) is 11.1. The van der Waals surface area contributed by atoms with Crippen molar-refractivity contribution in [2.24, 2.45) is 5.73 Å². The van der Waals surface area contributed by atoms with Crippen LogP contribution in [0.5, 0.6) is 5.75 Å². The van der Waals surface area contributed by atoms with Crippen molar-refractivity contribution in [1.82, 2.24) is 0 Å². The van der Waals surface area contributed by atoms with Gasteiger partial charge < -0.3 is 15.2 Å². The van der Waals surface area contributed by atoms with Gasteiger partial charge in [0.05, 0.1) is 13.2 Å². The molecule has 0 bridgehead atoms. The smallest absolute Gasteiger partial charge is 0.124 e. The van der Waals surface area contributed by atoms with Gasteiger partial charge in [-0.15, -0.1) is 0 Å². The Labute approximate surface area is 102 Å². The second-order valence-corrected chi connectivity index (χ2v) is 5.25. The Bertz CT molecular complexity index is 395. The van der Waals surface area contributed by atoms with E-state index in [0.29, 0.717) is 6.61 Å². The summed E-state index contributed by atoms with van der Waals surface area (Å²) in [5.41, 5.74) is 7.44. The third-order valence-electron chi connectivity index (χ3n) is 3.59. The van der Waals surface area contributed by atoms with Crippen LogP contribution >= 0.6 is 0 Å².